The van der Waals surface area contributed by atoms with Crippen LogP contribution < -0.4 is 0 Å². The van der Waals surface area contributed by atoms with E-state index in [9.17, 15) is 5.11 Å². The van der Waals surface area contributed by atoms with E-state index in [4.69, 9.17) is 0 Å². The van der Waals surface area contributed by atoms with Crippen LogP contribution in [-0.2, 0) is 0 Å². The van der Waals surface area contributed by atoms with Crippen molar-refractivity contribution >= 4 is 15.9 Å². The molecule has 0 unspecified atom stereocenters. The predicted molar refractivity (Wildman–Crippen MR) is 78.5 cm³/mol. The van der Waals surface area contributed by atoms with E-state index < -0.39 is 6.10 Å². The molecule has 0 fully saturated rings. The predicted octanol–water partition coefficient (Wildman–Crippen LogP) is 4.45. The Bertz CT molecular complexity index is 504. The molecular weight excluding hydrogens is 288 g/mol. The van der Waals surface area contributed by atoms with Crippen LogP contribution in [0, 0.1) is 0 Å². The van der Waals surface area contributed by atoms with Crippen LogP contribution in [0.25, 0.3) is 0 Å². The van der Waals surface area contributed by atoms with Crippen LogP contribution in [0.5, 0.6) is 0 Å². The lowest BCUT2D eigenvalue weighted by molar-refractivity contribution is 0.162. The van der Waals surface area contributed by atoms with Crippen LogP contribution in [0.1, 0.15) is 23.1 Å². The highest BCUT2D eigenvalue weighted by atomic mass is 79.9. The van der Waals surface area contributed by atoms with Crippen LogP contribution in [0.4, 0.5) is 0 Å². The lowest BCUT2D eigenvalue weighted by atomic mass is 9.89. The van der Waals surface area contributed by atoms with Gasteiger partial charge in [-0.25, -0.2) is 0 Å². The summed E-state index contributed by atoms with van der Waals surface area (Å²) in [6.07, 6.45) is 1.23. The number of benzene rings is 2. The third kappa shape index (κ3) is 2.89. The van der Waals surface area contributed by atoms with E-state index in [0.29, 0.717) is 0 Å². The highest BCUT2D eigenvalue weighted by Crippen LogP contribution is 2.32. The van der Waals surface area contributed by atoms with E-state index in [0.717, 1.165) is 15.6 Å². The van der Waals surface area contributed by atoms with E-state index in [1.54, 1.807) is 6.08 Å². The summed E-state index contributed by atoms with van der Waals surface area (Å²) in [5.74, 6) is -0.0968. The Morgan fingerprint density at radius 2 is 1.56 bits per heavy atom. The molecule has 0 aliphatic rings. The summed E-state index contributed by atoms with van der Waals surface area (Å²) in [6, 6.07) is 17.6. The maximum Gasteiger partial charge on any atom is 0.0893 e. The number of aliphatic hydroxyl groups excluding tert-OH is 1. The van der Waals surface area contributed by atoms with Crippen molar-refractivity contribution in [2.24, 2.45) is 0 Å². The molecule has 2 aromatic carbocycles. The molecule has 1 nitrogen and oxygen atoms in total. The summed E-state index contributed by atoms with van der Waals surface area (Å²) in [5, 5.41) is 10.4. The van der Waals surface area contributed by atoms with Crippen molar-refractivity contribution in [1.29, 1.82) is 0 Å². The molecule has 92 valence electrons. The summed E-state index contributed by atoms with van der Waals surface area (Å²) in [4.78, 5) is 0. The third-order valence-electron chi connectivity index (χ3n) is 2.99. The van der Waals surface area contributed by atoms with Crippen molar-refractivity contribution in [2.75, 3.05) is 0 Å². The lowest BCUT2D eigenvalue weighted by Crippen LogP contribution is -2.08. The number of halogens is 1. The molecular formula is C16H15BrO. The van der Waals surface area contributed by atoms with E-state index in [1.807, 2.05) is 54.6 Å². The van der Waals surface area contributed by atoms with Gasteiger partial charge in [0, 0.05) is 10.4 Å². The number of hydrogen-bond donors (Lipinski definition) is 1. The molecule has 2 rings (SSSR count). The second-order valence-corrected chi connectivity index (χ2v) is 5.08. The van der Waals surface area contributed by atoms with Crippen LogP contribution in [0.15, 0.2) is 71.7 Å². The first-order chi connectivity index (χ1) is 8.72. The fourth-order valence-corrected chi connectivity index (χ4v) is 2.25. The zero-order chi connectivity index (χ0) is 13.0. The van der Waals surface area contributed by atoms with Crippen LogP contribution in [0.2, 0.25) is 0 Å². The first-order valence-electron chi connectivity index (χ1n) is 5.83. The van der Waals surface area contributed by atoms with Gasteiger partial charge in [0.2, 0.25) is 0 Å². The van der Waals surface area contributed by atoms with Gasteiger partial charge in [0.15, 0.2) is 0 Å². The molecule has 0 saturated heterocycles. The van der Waals surface area contributed by atoms with E-state index >= 15 is 0 Å². The van der Waals surface area contributed by atoms with E-state index in [2.05, 4.69) is 22.5 Å². The average molecular weight is 303 g/mol. The van der Waals surface area contributed by atoms with Gasteiger partial charge in [0.1, 0.15) is 0 Å². The molecule has 2 atom stereocenters. The summed E-state index contributed by atoms with van der Waals surface area (Å²) in [6.45, 7) is 3.83. The van der Waals surface area contributed by atoms with Crippen molar-refractivity contribution in [3.63, 3.8) is 0 Å². The smallest absolute Gasteiger partial charge is 0.0893 e. The highest BCUT2D eigenvalue weighted by Gasteiger charge is 2.19. The van der Waals surface area contributed by atoms with Crippen molar-refractivity contribution < 1.29 is 5.11 Å². The molecule has 0 saturated carbocycles. The van der Waals surface area contributed by atoms with E-state index in [-0.39, 0.29) is 5.92 Å². The molecule has 18 heavy (non-hydrogen) atoms. The molecule has 1 N–H and O–H groups in total. The molecule has 0 aliphatic carbocycles. The maximum atomic E-state index is 10.4. The van der Waals surface area contributed by atoms with Gasteiger partial charge in [-0.1, -0.05) is 64.5 Å². The standard InChI is InChI=1S/C16H15BrO/c1-2-15(12-8-10-14(17)11-9-12)16(18)13-6-4-3-5-7-13/h2-11,15-16,18H,1H2/t15-,16-/m1/s1. The minimum atomic E-state index is -0.565. The Balaban J connectivity index is 2.29. The van der Waals surface area contributed by atoms with Gasteiger partial charge in [-0.05, 0) is 23.3 Å². The molecule has 0 heterocycles. The van der Waals surface area contributed by atoms with Crippen molar-refractivity contribution in [2.45, 2.75) is 12.0 Å². The summed E-state index contributed by atoms with van der Waals surface area (Å²) in [5.41, 5.74) is 1.97. The fraction of sp³-hybridized carbons (Fsp3) is 0.125. The minimum absolute atomic E-state index is 0.0968. The molecule has 0 bridgehead atoms. The fourth-order valence-electron chi connectivity index (χ4n) is 1.99. The molecule has 0 spiro atoms. The lowest BCUT2D eigenvalue weighted by Gasteiger charge is -2.20. The summed E-state index contributed by atoms with van der Waals surface area (Å²) in [7, 11) is 0. The normalized spacial score (nSPS) is 13.9. The van der Waals surface area contributed by atoms with Crippen LogP contribution in [0.3, 0.4) is 0 Å². The summed E-state index contributed by atoms with van der Waals surface area (Å²) < 4.78 is 1.03. The van der Waals surface area contributed by atoms with Crippen LogP contribution >= 0.6 is 15.9 Å². The average Bonchev–Trinajstić information content (AvgIpc) is 2.42. The second-order valence-electron chi connectivity index (χ2n) is 4.17. The first-order valence-corrected chi connectivity index (χ1v) is 6.62. The Morgan fingerprint density at radius 3 is 2.11 bits per heavy atom. The minimum Gasteiger partial charge on any atom is -0.387 e. The van der Waals surface area contributed by atoms with Gasteiger partial charge in [0.05, 0.1) is 6.10 Å². The van der Waals surface area contributed by atoms with Gasteiger partial charge in [0.25, 0.3) is 0 Å². The maximum absolute atomic E-state index is 10.4. The molecule has 2 aromatic rings. The number of aliphatic hydroxyl groups is 1. The molecule has 0 radical (unpaired) electrons. The SMILES string of the molecule is C=C[C@H](c1ccc(Br)cc1)[C@H](O)c1ccccc1. The highest BCUT2D eigenvalue weighted by molar-refractivity contribution is 9.10. The Morgan fingerprint density at radius 1 is 0.944 bits per heavy atom. The molecule has 2 heteroatoms. The molecule has 0 aromatic heterocycles. The molecule has 0 aliphatic heterocycles. The van der Waals surface area contributed by atoms with Gasteiger partial charge < -0.3 is 5.11 Å². The van der Waals surface area contributed by atoms with Gasteiger partial charge in [-0.3, -0.25) is 0 Å². The van der Waals surface area contributed by atoms with Crippen molar-refractivity contribution in [1.82, 2.24) is 0 Å². The quantitative estimate of drug-likeness (QED) is 0.827. The Hall–Kier alpha value is -1.38. The zero-order valence-electron chi connectivity index (χ0n) is 9.96. The van der Waals surface area contributed by atoms with Gasteiger partial charge >= 0.3 is 0 Å². The van der Waals surface area contributed by atoms with Gasteiger partial charge in [-0.15, -0.1) is 6.58 Å². The Kier molecular flexibility index (Phi) is 4.34. The van der Waals surface area contributed by atoms with Crippen LogP contribution in [-0.4, -0.2) is 5.11 Å². The summed E-state index contributed by atoms with van der Waals surface area (Å²) >= 11 is 3.41. The van der Waals surface area contributed by atoms with E-state index in [1.165, 1.54) is 0 Å². The Labute approximate surface area is 116 Å². The van der Waals surface area contributed by atoms with Crippen molar-refractivity contribution in [3.05, 3.63) is 82.9 Å². The third-order valence-corrected chi connectivity index (χ3v) is 3.52. The van der Waals surface area contributed by atoms with Crippen molar-refractivity contribution in [3.8, 4) is 0 Å². The topological polar surface area (TPSA) is 20.2 Å². The second kappa shape index (κ2) is 5.98. The number of hydrogen-bond acceptors (Lipinski definition) is 1. The number of rotatable bonds is 4. The van der Waals surface area contributed by atoms with Gasteiger partial charge in [-0.2, -0.15) is 0 Å². The first kappa shape index (κ1) is 13.1. The largest absolute Gasteiger partial charge is 0.387 e. The zero-order valence-corrected chi connectivity index (χ0v) is 11.5. The molecule has 0 amide bonds. The monoisotopic (exact) mass is 302 g/mol.